The molecule has 0 aromatic heterocycles. The molecule has 132 valence electrons. The molecular weight excluding hydrogens is 366 g/mol. The van der Waals surface area contributed by atoms with Gasteiger partial charge < -0.3 is 10.5 Å². The van der Waals surface area contributed by atoms with Crippen LogP contribution >= 0.6 is 21.6 Å². The van der Waals surface area contributed by atoms with Crippen LogP contribution in [0.5, 0.6) is 0 Å². The van der Waals surface area contributed by atoms with Crippen LogP contribution in [0.2, 0.25) is 0 Å². The number of carbonyl (C=O) groups is 1. The van der Waals surface area contributed by atoms with Gasteiger partial charge in [0.25, 0.3) is 5.91 Å². The molecule has 0 bridgehead atoms. The summed E-state index contributed by atoms with van der Waals surface area (Å²) < 4.78 is 26.4. The third kappa shape index (κ3) is 6.39. The van der Waals surface area contributed by atoms with Crippen molar-refractivity contribution in [2.24, 2.45) is 5.16 Å². The number of amides is 1. The molecular formula is C17H16F2N2O2S2. The Morgan fingerprint density at radius 2 is 1.84 bits per heavy atom. The van der Waals surface area contributed by atoms with Gasteiger partial charge >= 0.3 is 0 Å². The normalized spacial score (nSPS) is 11.4. The number of hydrogen-bond acceptors (Lipinski definition) is 5. The van der Waals surface area contributed by atoms with Gasteiger partial charge in [0.15, 0.2) is 0 Å². The van der Waals surface area contributed by atoms with Crippen LogP contribution in [0.25, 0.3) is 0 Å². The maximum Gasteiger partial charge on any atom is 0.269 e. The molecule has 0 spiro atoms. The number of oxime groups is 1. The quantitative estimate of drug-likeness (QED) is 0.239. The first-order valence-corrected chi connectivity index (χ1v) is 9.69. The van der Waals surface area contributed by atoms with Crippen molar-refractivity contribution in [3.8, 4) is 0 Å². The predicted molar refractivity (Wildman–Crippen MR) is 97.1 cm³/mol. The van der Waals surface area contributed by atoms with Crippen LogP contribution in [-0.4, -0.2) is 29.1 Å². The van der Waals surface area contributed by atoms with Gasteiger partial charge in [0.05, 0.1) is 0 Å². The number of nitrogens with zero attached hydrogens (tertiary/aromatic N) is 1. The van der Waals surface area contributed by atoms with E-state index in [0.29, 0.717) is 12.3 Å². The second-order valence-electron chi connectivity index (χ2n) is 4.93. The zero-order valence-corrected chi connectivity index (χ0v) is 14.7. The Labute approximate surface area is 152 Å². The van der Waals surface area contributed by atoms with Crippen LogP contribution in [-0.2, 0) is 11.2 Å². The van der Waals surface area contributed by atoms with Gasteiger partial charge in [0.2, 0.25) is 0 Å². The molecule has 1 amide bonds. The van der Waals surface area contributed by atoms with E-state index in [0.717, 1.165) is 4.90 Å². The highest BCUT2D eigenvalue weighted by molar-refractivity contribution is 8.76. The van der Waals surface area contributed by atoms with E-state index in [9.17, 15) is 13.6 Å². The highest BCUT2D eigenvalue weighted by atomic mass is 33.1. The molecule has 2 rings (SSSR count). The third-order valence-corrected chi connectivity index (χ3v) is 5.52. The molecule has 0 aliphatic carbocycles. The summed E-state index contributed by atoms with van der Waals surface area (Å²) in [5.74, 6) is -0.681. The van der Waals surface area contributed by atoms with Gasteiger partial charge in [0, 0.05) is 23.6 Å². The van der Waals surface area contributed by atoms with Crippen LogP contribution in [0.1, 0.15) is 5.56 Å². The lowest BCUT2D eigenvalue weighted by Gasteiger charge is -2.07. The lowest BCUT2D eigenvalue weighted by molar-refractivity contribution is -0.114. The fourth-order valence-corrected chi connectivity index (χ4v) is 3.78. The van der Waals surface area contributed by atoms with Crippen molar-refractivity contribution >= 4 is 33.2 Å². The first kappa shape index (κ1) is 19.3. The molecule has 0 unspecified atom stereocenters. The molecule has 0 aliphatic heterocycles. The lowest BCUT2D eigenvalue weighted by Crippen LogP contribution is -2.34. The minimum Gasteiger partial charge on any atom is -0.410 e. The Morgan fingerprint density at radius 3 is 2.52 bits per heavy atom. The van der Waals surface area contributed by atoms with Crippen molar-refractivity contribution in [3.63, 3.8) is 0 Å². The zero-order valence-electron chi connectivity index (χ0n) is 13.1. The van der Waals surface area contributed by atoms with Gasteiger partial charge in [-0.3, -0.25) is 4.79 Å². The van der Waals surface area contributed by atoms with E-state index in [-0.39, 0.29) is 23.5 Å². The van der Waals surface area contributed by atoms with Gasteiger partial charge in [-0.05, 0) is 35.9 Å². The second kappa shape index (κ2) is 10.0. The Morgan fingerprint density at radius 1 is 1.12 bits per heavy atom. The van der Waals surface area contributed by atoms with Crippen LogP contribution in [0.15, 0.2) is 58.6 Å². The molecule has 0 saturated heterocycles. The van der Waals surface area contributed by atoms with Crippen molar-refractivity contribution in [1.82, 2.24) is 5.32 Å². The smallest absolute Gasteiger partial charge is 0.269 e. The van der Waals surface area contributed by atoms with Crippen molar-refractivity contribution in [2.75, 3.05) is 12.3 Å². The SMILES string of the molecule is O=C(NCCSSc1ccc(F)cc1)/C(Cc1ccccc1F)=N/O. The minimum absolute atomic E-state index is 0.0908. The van der Waals surface area contributed by atoms with E-state index in [2.05, 4.69) is 10.5 Å². The topological polar surface area (TPSA) is 61.7 Å². The first-order chi connectivity index (χ1) is 12.1. The van der Waals surface area contributed by atoms with E-state index in [1.165, 1.54) is 45.9 Å². The fraction of sp³-hybridized carbons (Fsp3) is 0.176. The molecule has 0 radical (unpaired) electrons. The summed E-state index contributed by atoms with van der Waals surface area (Å²) in [6, 6.07) is 12.1. The molecule has 25 heavy (non-hydrogen) atoms. The molecule has 0 heterocycles. The number of benzene rings is 2. The van der Waals surface area contributed by atoms with Gasteiger partial charge in [-0.25, -0.2) is 8.78 Å². The average molecular weight is 382 g/mol. The van der Waals surface area contributed by atoms with Crippen molar-refractivity contribution in [2.45, 2.75) is 11.3 Å². The van der Waals surface area contributed by atoms with E-state index < -0.39 is 11.7 Å². The maximum absolute atomic E-state index is 13.6. The van der Waals surface area contributed by atoms with Gasteiger partial charge in [0.1, 0.15) is 17.3 Å². The molecule has 2 N–H and O–H groups in total. The molecule has 0 atom stereocenters. The predicted octanol–water partition coefficient (Wildman–Crippen LogP) is 3.89. The van der Waals surface area contributed by atoms with Gasteiger partial charge in [-0.1, -0.05) is 44.9 Å². The highest BCUT2D eigenvalue weighted by Crippen LogP contribution is 2.30. The molecule has 0 aliphatic rings. The van der Waals surface area contributed by atoms with Gasteiger partial charge in [-0.15, -0.1) is 0 Å². The second-order valence-corrected chi connectivity index (χ2v) is 7.42. The van der Waals surface area contributed by atoms with Crippen LogP contribution in [0.3, 0.4) is 0 Å². The zero-order chi connectivity index (χ0) is 18.1. The minimum atomic E-state index is -0.543. The third-order valence-electron chi connectivity index (χ3n) is 3.14. The molecule has 2 aromatic carbocycles. The standard InChI is InChI=1S/C17H16F2N2O2S2/c18-13-5-7-14(8-6-13)25-24-10-9-20-17(22)16(21-23)11-12-3-1-2-4-15(12)19/h1-8,23H,9-11H2,(H,20,22)/b21-16+. The van der Waals surface area contributed by atoms with Crippen LogP contribution in [0.4, 0.5) is 8.78 Å². The van der Waals surface area contributed by atoms with E-state index >= 15 is 0 Å². The van der Waals surface area contributed by atoms with Crippen molar-refractivity contribution in [3.05, 3.63) is 65.7 Å². The largest absolute Gasteiger partial charge is 0.410 e. The van der Waals surface area contributed by atoms with Crippen LogP contribution < -0.4 is 5.32 Å². The summed E-state index contributed by atoms with van der Waals surface area (Å²) in [6.07, 6.45) is -0.0908. The average Bonchev–Trinajstić information content (AvgIpc) is 2.62. The fourth-order valence-electron chi connectivity index (χ4n) is 1.89. The van der Waals surface area contributed by atoms with E-state index in [1.807, 2.05) is 0 Å². The Hall–Kier alpha value is -2.06. The molecule has 8 heteroatoms. The molecule has 4 nitrogen and oxygen atoms in total. The maximum atomic E-state index is 13.6. The Kier molecular flexibility index (Phi) is 7.75. The summed E-state index contributed by atoms with van der Waals surface area (Å²) in [5.41, 5.74) is 0.132. The summed E-state index contributed by atoms with van der Waals surface area (Å²) in [5, 5.41) is 14.6. The molecule has 0 saturated carbocycles. The van der Waals surface area contributed by atoms with E-state index in [1.54, 1.807) is 24.3 Å². The summed E-state index contributed by atoms with van der Waals surface area (Å²) in [7, 11) is 2.97. The van der Waals surface area contributed by atoms with Gasteiger partial charge in [-0.2, -0.15) is 0 Å². The number of rotatable bonds is 8. The highest BCUT2D eigenvalue weighted by Gasteiger charge is 2.14. The number of halogens is 2. The summed E-state index contributed by atoms with van der Waals surface area (Å²) >= 11 is 0. The summed E-state index contributed by atoms with van der Waals surface area (Å²) in [6.45, 7) is 0.355. The number of nitrogens with one attached hydrogen (secondary N) is 1. The van der Waals surface area contributed by atoms with Crippen molar-refractivity contribution < 1.29 is 18.8 Å². The monoisotopic (exact) mass is 382 g/mol. The number of carbonyl (C=O) groups excluding carboxylic acids is 1. The Bertz CT molecular complexity index is 740. The van der Waals surface area contributed by atoms with Crippen LogP contribution in [0, 0.1) is 11.6 Å². The Balaban J connectivity index is 1.73. The molecule has 0 fully saturated rings. The first-order valence-electron chi connectivity index (χ1n) is 7.37. The lowest BCUT2D eigenvalue weighted by atomic mass is 10.1. The van der Waals surface area contributed by atoms with E-state index in [4.69, 9.17) is 5.21 Å². The number of hydrogen-bond donors (Lipinski definition) is 2. The van der Waals surface area contributed by atoms with Crippen molar-refractivity contribution in [1.29, 1.82) is 0 Å². The molecule has 2 aromatic rings. The summed E-state index contributed by atoms with van der Waals surface area (Å²) in [4.78, 5) is 12.9.